The van der Waals surface area contributed by atoms with E-state index in [9.17, 15) is 9.90 Å². The van der Waals surface area contributed by atoms with Crippen molar-refractivity contribution in [3.8, 4) is 0 Å². The van der Waals surface area contributed by atoms with Crippen LogP contribution in [0.25, 0.3) is 0 Å². The molecule has 0 unspecified atom stereocenters. The van der Waals surface area contributed by atoms with Gasteiger partial charge in [0.15, 0.2) is 0 Å². The van der Waals surface area contributed by atoms with Crippen molar-refractivity contribution in [3.63, 3.8) is 0 Å². The first-order chi connectivity index (χ1) is 5.34. The van der Waals surface area contributed by atoms with Gasteiger partial charge in [-0.2, -0.15) is 0 Å². The quantitative estimate of drug-likeness (QED) is 0.644. The Hall–Kier alpha value is -1.36. The zero-order valence-electron chi connectivity index (χ0n) is 5.86. The molecule has 1 N–H and O–H groups in total. The van der Waals surface area contributed by atoms with Crippen LogP contribution in [0.1, 0.15) is 0 Å². The van der Waals surface area contributed by atoms with E-state index in [1.54, 1.807) is 0 Å². The predicted octanol–water partition coefficient (Wildman–Crippen LogP) is -0.129. The minimum absolute atomic E-state index is 0.150. The van der Waals surface area contributed by atoms with Crippen LogP contribution in [0.15, 0.2) is 18.7 Å². The Morgan fingerprint density at radius 1 is 1.64 bits per heavy atom. The summed E-state index contributed by atoms with van der Waals surface area (Å²) in [5.74, 6) is 0. The number of aromatic nitrogens is 2. The maximum Gasteiger partial charge on any atom is 0.326 e. The van der Waals surface area contributed by atoms with Crippen molar-refractivity contribution < 1.29 is 9.90 Å². The largest absolute Gasteiger partial charge is 0.335 e. The van der Waals surface area contributed by atoms with Crippen LogP contribution >= 0.6 is 0 Å². The van der Waals surface area contributed by atoms with Crippen molar-refractivity contribution in [3.05, 3.63) is 18.7 Å². The Kier molecular flexibility index (Phi) is 2.62. The molecule has 0 aliphatic rings. The Bertz CT molecular complexity index is 220. The van der Waals surface area contributed by atoms with Crippen LogP contribution in [-0.4, -0.2) is 28.7 Å². The smallest absolute Gasteiger partial charge is 0.326 e. The van der Waals surface area contributed by atoms with Crippen LogP contribution in [0.5, 0.6) is 0 Å². The molecular weight excluding hydrogens is 146 g/mol. The number of nitrogens with zero attached hydrogens (tertiary/aromatic N) is 2. The maximum absolute atomic E-state index is 10.9. The Balaban J connectivity index is 2.43. The number of amides is 1. The van der Waals surface area contributed by atoms with E-state index in [2.05, 4.69) is 10.3 Å². The van der Waals surface area contributed by atoms with Gasteiger partial charge >= 0.3 is 6.03 Å². The number of imidazole rings is 1. The van der Waals surface area contributed by atoms with Crippen LogP contribution in [0.4, 0.5) is 4.79 Å². The normalized spacial score (nSPS) is 9.55. The fourth-order valence-electron chi connectivity index (χ4n) is 0.629. The molecule has 0 atom stereocenters. The molecule has 0 spiro atoms. The Labute approximate surface area is 63.7 Å². The lowest BCUT2D eigenvalue weighted by molar-refractivity contribution is 0.191. The molecule has 1 aromatic rings. The van der Waals surface area contributed by atoms with Gasteiger partial charge < -0.3 is 5.32 Å². The molecule has 5 heteroatoms. The number of carbonyl (C=O) groups is 1. The molecule has 1 aromatic heterocycles. The first kappa shape index (κ1) is 7.74. The van der Waals surface area contributed by atoms with Crippen LogP contribution in [0.2, 0.25) is 0 Å². The van der Waals surface area contributed by atoms with E-state index in [4.69, 9.17) is 0 Å². The molecule has 1 rings (SSSR count). The molecule has 0 aliphatic carbocycles. The highest BCUT2D eigenvalue weighted by Gasteiger charge is 1.99. The van der Waals surface area contributed by atoms with Gasteiger partial charge in [-0.05, 0) is 0 Å². The standard InChI is InChI=1S/C6H8N3O2/c10-4-2-8-6(11)9-3-1-7-5-9/h1,3,5H,2,4H2,(H,8,11). The first-order valence-corrected chi connectivity index (χ1v) is 3.19. The molecule has 0 saturated heterocycles. The number of hydrogen-bond acceptors (Lipinski definition) is 2. The molecule has 11 heavy (non-hydrogen) atoms. The van der Waals surface area contributed by atoms with Crippen LogP contribution in [-0.2, 0) is 5.11 Å². The number of rotatable bonds is 2. The van der Waals surface area contributed by atoms with E-state index < -0.39 is 0 Å². The summed E-state index contributed by atoms with van der Waals surface area (Å²) in [7, 11) is 0. The molecule has 59 valence electrons. The molecule has 0 saturated carbocycles. The number of nitrogens with one attached hydrogen (secondary N) is 1. The average molecular weight is 154 g/mol. The highest BCUT2D eigenvalue weighted by atomic mass is 16.3. The molecule has 0 aliphatic heterocycles. The third-order valence-corrected chi connectivity index (χ3v) is 1.12. The van der Waals surface area contributed by atoms with Crippen molar-refractivity contribution in [2.75, 3.05) is 13.2 Å². The van der Waals surface area contributed by atoms with Crippen molar-refractivity contribution >= 4 is 6.03 Å². The summed E-state index contributed by atoms with van der Waals surface area (Å²) in [6.07, 6.45) is 4.39. The van der Waals surface area contributed by atoms with Crippen LogP contribution in [0.3, 0.4) is 0 Å². The van der Waals surface area contributed by atoms with Gasteiger partial charge in [-0.1, -0.05) is 0 Å². The topological polar surface area (TPSA) is 66.8 Å². The molecule has 1 radical (unpaired) electrons. The lowest BCUT2D eigenvalue weighted by Gasteiger charge is -2.00. The van der Waals surface area contributed by atoms with Crippen molar-refractivity contribution in [2.45, 2.75) is 0 Å². The Morgan fingerprint density at radius 2 is 2.45 bits per heavy atom. The van der Waals surface area contributed by atoms with Gasteiger partial charge in [-0.3, -0.25) is 4.57 Å². The van der Waals surface area contributed by atoms with E-state index in [1.165, 1.54) is 23.3 Å². The maximum atomic E-state index is 10.9. The van der Waals surface area contributed by atoms with Crippen LogP contribution in [0, 0.1) is 0 Å². The fraction of sp³-hybridized carbons (Fsp3) is 0.333. The second-order valence-electron chi connectivity index (χ2n) is 1.91. The molecular formula is C6H8N3O2. The number of carbonyl (C=O) groups excluding carboxylic acids is 1. The van der Waals surface area contributed by atoms with E-state index >= 15 is 0 Å². The highest BCUT2D eigenvalue weighted by molar-refractivity contribution is 5.76. The first-order valence-electron chi connectivity index (χ1n) is 3.19. The summed E-state index contributed by atoms with van der Waals surface area (Å²) >= 11 is 0. The molecule has 0 fully saturated rings. The summed E-state index contributed by atoms with van der Waals surface area (Å²) in [4.78, 5) is 14.6. The number of hydrogen-bond donors (Lipinski definition) is 1. The molecule has 1 heterocycles. The summed E-state index contributed by atoms with van der Waals surface area (Å²) in [5, 5.41) is 12.4. The summed E-state index contributed by atoms with van der Waals surface area (Å²) in [6, 6.07) is -0.321. The van der Waals surface area contributed by atoms with Crippen LogP contribution < -0.4 is 5.32 Å². The molecule has 0 aromatic carbocycles. The predicted molar refractivity (Wildman–Crippen MR) is 36.6 cm³/mol. The zero-order chi connectivity index (χ0) is 8.10. The van der Waals surface area contributed by atoms with Gasteiger partial charge in [0.25, 0.3) is 0 Å². The van der Waals surface area contributed by atoms with Crippen molar-refractivity contribution in [1.82, 2.24) is 14.9 Å². The van der Waals surface area contributed by atoms with Crippen molar-refractivity contribution in [1.29, 1.82) is 0 Å². The molecule has 0 bridgehead atoms. The summed E-state index contributed by atoms with van der Waals surface area (Å²) in [6.45, 7) is -0.155. The highest BCUT2D eigenvalue weighted by Crippen LogP contribution is 1.83. The summed E-state index contributed by atoms with van der Waals surface area (Å²) in [5.41, 5.74) is 0. The van der Waals surface area contributed by atoms with Gasteiger partial charge in [-0.15, -0.1) is 0 Å². The average Bonchev–Trinajstić information content (AvgIpc) is 2.52. The van der Waals surface area contributed by atoms with E-state index in [0.29, 0.717) is 0 Å². The van der Waals surface area contributed by atoms with Crippen molar-refractivity contribution in [2.24, 2.45) is 0 Å². The molecule has 1 amide bonds. The van der Waals surface area contributed by atoms with Gasteiger partial charge in [0, 0.05) is 18.9 Å². The second-order valence-corrected chi connectivity index (χ2v) is 1.91. The summed E-state index contributed by atoms with van der Waals surface area (Å²) < 4.78 is 1.27. The van der Waals surface area contributed by atoms with Gasteiger partial charge in [0.1, 0.15) is 6.33 Å². The van der Waals surface area contributed by atoms with Gasteiger partial charge in [-0.25, -0.2) is 14.9 Å². The second kappa shape index (κ2) is 3.72. The monoisotopic (exact) mass is 154 g/mol. The third kappa shape index (κ3) is 2.05. The van der Waals surface area contributed by atoms with E-state index in [-0.39, 0.29) is 19.2 Å². The van der Waals surface area contributed by atoms with Gasteiger partial charge in [0.05, 0.1) is 6.61 Å². The Morgan fingerprint density at radius 3 is 3.00 bits per heavy atom. The zero-order valence-corrected chi connectivity index (χ0v) is 5.86. The fourth-order valence-corrected chi connectivity index (χ4v) is 0.629. The van der Waals surface area contributed by atoms with E-state index in [0.717, 1.165) is 0 Å². The minimum atomic E-state index is -0.321. The minimum Gasteiger partial charge on any atom is -0.335 e. The SMILES string of the molecule is [O]CCNC(=O)n1ccnc1. The molecule has 5 nitrogen and oxygen atoms in total. The lowest BCUT2D eigenvalue weighted by Crippen LogP contribution is -2.29. The van der Waals surface area contributed by atoms with Gasteiger partial charge in [0.2, 0.25) is 0 Å². The third-order valence-electron chi connectivity index (χ3n) is 1.12. The lowest BCUT2D eigenvalue weighted by atomic mass is 10.7. The van der Waals surface area contributed by atoms with E-state index in [1.807, 2.05) is 0 Å².